The molecule has 16 heavy (non-hydrogen) atoms. The summed E-state index contributed by atoms with van der Waals surface area (Å²) >= 11 is 0. The molecule has 0 aromatic rings. The van der Waals surface area contributed by atoms with Gasteiger partial charge in [-0.15, -0.1) is 0 Å². The summed E-state index contributed by atoms with van der Waals surface area (Å²) in [6.07, 6.45) is 0.823. The van der Waals surface area contributed by atoms with E-state index in [0.717, 1.165) is 6.42 Å². The fraction of sp³-hybridized carbons (Fsp3) is 0.800. The van der Waals surface area contributed by atoms with Crippen molar-refractivity contribution in [3.63, 3.8) is 0 Å². The third kappa shape index (κ3) is 3.05. The number of ether oxygens (including phenoxy) is 1. The quantitative estimate of drug-likeness (QED) is 0.685. The van der Waals surface area contributed by atoms with Gasteiger partial charge in [0.05, 0.1) is 18.8 Å². The molecule has 1 fully saturated rings. The molecule has 0 atom stereocenters. The van der Waals surface area contributed by atoms with Crippen molar-refractivity contribution in [2.24, 2.45) is 0 Å². The van der Waals surface area contributed by atoms with E-state index in [4.69, 9.17) is 13.6 Å². The Morgan fingerprint density at radius 1 is 1.25 bits per heavy atom. The molecule has 0 amide bonds. The van der Waals surface area contributed by atoms with Gasteiger partial charge in [-0.2, -0.15) is 0 Å². The highest BCUT2D eigenvalue weighted by Crippen LogP contribution is 2.35. The average molecular weight is 246 g/mol. The topological polar surface area (TPSA) is 61.8 Å². The zero-order chi connectivity index (χ0) is 12.2. The lowest BCUT2D eigenvalue weighted by Gasteiger charge is -2.39. The standard InChI is InChI=1S/C10H18O5Si/c1-4-5-16(14-8(2)11,15-9(3)12)10-6-13-7-10/h10H,4-7H2,1-3H3. The molecule has 6 heteroatoms. The lowest BCUT2D eigenvalue weighted by molar-refractivity contribution is -0.140. The van der Waals surface area contributed by atoms with Crippen molar-refractivity contribution >= 4 is 20.5 Å². The summed E-state index contributed by atoms with van der Waals surface area (Å²) in [6, 6.07) is 0.639. The van der Waals surface area contributed by atoms with E-state index in [1.165, 1.54) is 13.8 Å². The molecular weight excluding hydrogens is 228 g/mol. The highest BCUT2D eigenvalue weighted by atomic mass is 28.4. The van der Waals surface area contributed by atoms with Gasteiger partial charge in [0.1, 0.15) is 0 Å². The summed E-state index contributed by atoms with van der Waals surface area (Å²) in [5.74, 6) is -0.762. The Labute approximate surface area is 96.3 Å². The van der Waals surface area contributed by atoms with Gasteiger partial charge in [-0.3, -0.25) is 9.59 Å². The molecule has 1 rings (SSSR count). The Morgan fingerprint density at radius 2 is 1.75 bits per heavy atom. The Bertz CT molecular complexity index is 258. The maximum atomic E-state index is 11.1. The van der Waals surface area contributed by atoms with Crippen LogP contribution in [0.2, 0.25) is 11.6 Å². The molecule has 0 aliphatic carbocycles. The van der Waals surface area contributed by atoms with Crippen LogP contribution in [-0.2, 0) is 23.2 Å². The van der Waals surface area contributed by atoms with Gasteiger partial charge in [-0.1, -0.05) is 13.3 Å². The summed E-state index contributed by atoms with van der Waals surface area (Å²) in [7, 11) is -2.76. The van der Waals surface area contributed by atoms with Gasteiger partial charge in [0.25, 0.3) is 11.9 Å². The molecule has 0 saturated carbocycles. The summed E-state index contributed by atoms with van der Waals surface area (Å²) in [4.78, 5) is 22.3. The molecule has 5 nitrogen and oxygen atoms in total. The van der Waals surface area contributed by atoms with Crippen molar-refractivity contribution in [3.05, 3.63) is 0 Å². The monoisotopic (exact) mass is 246 g/mol. The number of rotatable bonds is 5. The number of carbonyl (C=O) groups is 2. The maximum Gasteiger partial charge on any atom is 0.472 e. The molecule has 0 spiro atoms. The van der Waals surface area contributed by atoms with E-state index in [0.29, 0.717) is 19.3 Å². The summed E-state index contributed by atoms with van der Waals surface area (Å²) in [5.41, 5.74) is 0.0836. The van der Waals surface area contributed by atoms with E-state index in [-0.39, 0.29) is 17.5 Å². The first-order chi connectivity index (χ1) is 7.50. The summed E-state index contributed by atoms with van der Waals surface area (Å²) < 4.78 is 15.8. The largest absolute Gasteiger partial charge is 0.485 e. The van der Waals surface area contributed by atoms with Gasteiger partial charge in [-0.05, 0) is 0 Å². The Hall–Kier alpha value is -0.883. The molecule has 0 unspecified atom stereocenters. The minimum absolute atomic E-state index is 0.0836. The van der Waals surface area contributed by atoms with E-state index < -0.39 is 8.56 Å². The fourth-order valence-electron chi connectivity index (χ4n) is 1.82. The van der Waals surface area contributed by atoms with Gasteiger partial charge in [-0.25, -0.2) is 0 Å². The third-order valence-electron chi connectivity index (χ3n) is 2.49. The summed E-state index contributed by atoms with van der Waals surface area (Å²) in [5, 5.41) is 0. The lowest BCUT2D eigenvalue weighted by atomic mass is 10.4. The van der Waals surface area contributed by atoms with Crippen molar-refractivity contribution in [1.82, 2.24) is 0 Å². The molecule has 1 aliphatic heterocycles. The average Bonchev–Trinajstić information content (AvgIpc) is 1.96. The summed E-state index contributed by atoms with van der Waals surface area (Å²) in [6.45, 7) is 5.72. The van der Waals surface area contributed by atoms with Gasteiger partial charge in [0.15, 0.2) is 0 Å². The first kappa shape index (κ1) is 13.2. The first-order valence-corrected chi connectivity index (χ1v) is 7.57. The number of hydrogen-bond donors (Lipinski definition) is 0. The first-order valence-electron chi connectivity index (χ1n) is 5.47. The van der Waals surface area contributed by atoms with Crippen LogP contribution >= 0.6 is 0 Å². The Kier molecular flexibility index (Phi) is 4.49. The van der Waals surface area contributed by atoms with Crippen LogP contribution in [0.3, 0.4) is 0 Å². The van der Waals surface area contributed by atoms with E-state index in [1.807, 2.05) is 6.92 Å². The molecule has 1 aliphatic rings. The second-order valence-electron chi connectivity index (χ2n) is 3.98. The lowest BCUT2D eigenvalue weighted by Crippen LogP contribution is -2.55. The van der Waals surface area contributed by atoms with Gasteiger partial charge < -0.3 is 13.6 Å². The predicted molar refractivity (Wildman–Crippen MR) is 59.0 cm³/mol. The molecule has 0 aromatic heterocycles. The van der Waals surface area contributed by atoms with Crippen LogP contribution < -0.4 is 0 Å². The van der Waals surface area contributed by atoms with Gasteiger partial charge in [0.2, 0.25) is 0 Å². The van der Waals surface area contributed by atoms with E-state index in [1.54, 1.807) is 0 Å². The number of hydrogen-bond acceptors (Lipinski definition) is 5. The fourth-order valence-corrected chi connectivity index (χ4v) is 5.22. The van der Waals surface area contributed by atoms with Crippen LogP contribution in [0, 0.1) is 0 Å². The zero-order valence-electron chi connectivity index (χ0n) is 9.95. The maximum absolute atomic E-state index is 11.1. The van der Waals surface area contributed by atoms with Crippen molar-refractivity contribution in [1.29, 1.82) is 0 Å². The highest BCUT2D eigenvalue weighted by molar-refractivity contribution is 6.72. The van der Waals surface area contributed by atoms with Crippen molar-refractivity contribution in [2.75, 3.05) is 13.2 Å². The van der Waals surface area contributed by atoms with Crippen molar-refractivity contribution in [3.8, 4) is 0 Å². The van der Waals surface area contributed by atoms with Crippen LogP contribution in [0.15, 0.2) is 0 Å². The molecule has 1 saturated heterocycles. The van der Waals surface area contributed by atoms with Crippen molar-refractivity contribution in [2.45, 2.75) is 38.8 Å². The third-order valence-corrected chi connectivity index (χ3v) is 6.53. The zero-order valence-corrected chi connectivity index (χ0v) is 10.9. The van der Waals surface area contributed by atoms with Crippen LogP contribution in [-0.4, -0.2) is 33.7 Å². The van der Waals surface area contributed by atoms with Crippen LogP contribution in [0.1, 0.15) is 27.2 Å². The minimum Gasteiger partial charge on any atom is -0.485 e. The van der Waals surface area contributed by atoms with Gasteiger partial charge in [0, 0.05) is 19.9 Å². The predicted octanol–water partition coefficient (Wildman–Crippen LogP) is 1.37. The molecule has 0 bridgehead atoms. The normalized spacial score (nSPS) is 16.4. The van der Waals surface area contributed by atoms with Crippen LogP contribution in [0.25, 0.3) is 0 Å². The minimum atomic E-state index is -2.76. The second-order valence-corrected chi connectivity index (χ2v) is 7.33. The van der Waals surface area contributed by atoms with Gasteiger partial charge >= 0.3 is 8.56 Å². The molecule has 0 aromatic carbocycles. The molecule has 92 valence electrons. The van der Waals surface area contributed by atoms with Crippen LogP contribution in [0.5, 0.6) is 0 Å². The molecular formula is C10H18O5Si. The molecule has 0 radical (unpaired) electrons. The smallest absolute Gasteiger partial charge is 0.472 e. The van der Waals surface area contributed by atoms with Crippen LogP contribution in [0.4, 0.5) is 0 Å². The highest BCUT2D eigenvalue weighted by Gasteiger charge is 2.54. The van der Waals surface area contributed by atoms with E-state index in [2.05, 4.69) is 0 Å². The van der Waals surface area contributed by atoms with E-state index >= 15 is 0 Å². The Balaban J connectivity index is 2.82. The second kappa shape index (κ2) is 5.45. The SMILES string of the molecule is CCC[Si](OC(C)=O)(OC(C)=O)C1COC1. The number of carbonyl (C=O) groups excluding carboxylic acids is 2. The van der Waals surface area contributed by atoms with Crippen molar-refractivity contribution < 1.29 is 23.2 Å². The molecule has 1 heterocycles. The van der Waals surface area contributed by atoms with E-state index in [9.17, 15) is 9.59 Å². The molecule has 0 N–H and O–H groups in total. The Morgan fingerprint density at radius 3 is 2.00 bits per heavy atom.